The number of nitrogens with one attached hydrogen (secondary N) is 1. The van der Waals surface area contributed by atoms with Gasteiger partial charge < -0.3 is 15.5 Å². The van der Waals surface area contributed by atoms with E-state index in [9.17, 15) is 0 Å². The largest absolute Gasteiger partial charge is 0.370 e. The van der Waals surface area contributed by atoms with Crippen molar-refractivity contribution >= 4 is 5.96 Å². The predicted molar refractivity (Wildman–Crippen MR) is 108 cm³/mol. The van der Waals surface area contributed by atoms with Gasteiger partial charge in [0.05, 0.1) is 0 Å². The molecule has 0 unspecified atom stereocenters. The molecule has 3 N–H and O–H groups in total. The lowest BCUT2D eigenvalue weighted by atomic mass is 9.49. The molecule has 4 bridgehead atoms. The molecular formula is C22H40N4. The van der Waals surface area contributed by atoms with Crippen LogP contribution in [-0.2, 0) is 0 Å². The summed E-state index contributed by atoms with van der Waals surface area (Å²) in [5.41, 5.74) is 6.49. The standard InChI is InChI=1S/C22H40N4/c23-21(24)26(10-4-2-1-3-7-25-8-5-6-9-25)17-22-14-18-11-19(15-22)13-20(12-18)16-22/h18-20H,1-17H2,(H3,23,24). The summed E-state index contributed by atoms with van der Waals surface area (Å²) in [5.74, 6) is 3.28. The molecule has 4 nitrogen and oxygen atoms in total. The van der Waals surface area contributed by atoms with Crippen LogP contribution in [0.15, 0.2) is 0 Å². The van der Waals surface area contributed by atoms with Gasteiger partial charge in [-0.15, -0.1) is 0 Å². The second-order valence-corrected chi connectivity index (χ2v) is 10.2. The molecule has 0 amide bonds. The van der Waals surface area contributed by atoms with E-state index in [1.165, 1.54) is 96.7 Å². The van der Waals surface area contributed by atoms with Crippen LogP contribution < -0.4 is 5.73 Å². The lowest BCUT2D eigenvalue weighted by Gasteiger charge is -2.58. The van der Waals surface area contributed by atoms with E-state index in [1.807, 2.05) is 0 Å². The smallest absolute Gasteiger partial charge is 0.188 e. The third-order valence-corrected chi connectivity index (χ3v) is 7.88. The molecule has 0 aromatic heterocycles. The van der Waals surface area contributed by atoms with E-state index in [2.05, 4.69) is 9.80 Å². The van der Waals surface area contributed by atoms with E-state index >= 15 is 0 Å². The summed E-state index contributed by atoms with van der Waals surface area (Å²) in [6.45, 7) is 6.01. The van der Waals surface area contributed by atoms with Gasteiger partial charge in [-0.3, -0.25) is 5.41 Å². The molecule has 1 heterocycles. The van der Waals surface area contributed by atoms with Crippen LogP contribution in [0.1, 0.15) is 77.0 Å². The summed E-state index contributed by atoms with van der Waals surface area (Å²) in [4.78, 5) is 4.85. The molecule has 5 aliphatic rings. The molecule has 1 saturated heterocycles. The molecular weight excluding hydrogens is 320 g/mol. The average Bonchev–Trinajstić information content (AvgIpc) is 3.08. The highest BCUT2D eigenvalue weighted by atomic mass is 15.2. The molecule has 4 heteroatoms. The van der Waals surface area contributed by atoms with Crippen molar-refractivity contribution in [2.45, 2.75) is 77.0 Å². The average molecular weight is 361 g/mol. The maximum absolute atomic E-state index is 8.09. The molecule has 148 valence electrons. The number of hydrogen-bond acceptors (Lipinski definition) is 2. The Morgan fingerprint density at radius 2 is 1.50 bits per heavy atom. The van der Waals surface area contributed by atoms with Gasteiger partial charge in [-0.05, 0) is 107 Å². The minimum absolute atomic E-state index is 0.317. The summed E-state index contributed by atoms with van der Waals surface area (Å²) in [6.07, 6.45) is 16.7. The van der Waals surface area contributed by atoms with Gasteiger partial charge >= 0.3 is 0 Å². The monoisotopic (exact) mass is 360 g/mol. The fraction of sp³-hybridized carbons (Fsp3) is 0.955. The summed E-state index contributed by atoms with van der Waals surface area (Å²) in [5, 5.41) is 8.09. The van der Waals surface area contributed by atoms with Gasteiger partial charge in [0.1, 0.15) is 0 Å². The molecule has 0 aromatic rings. The number of unbranched alkanes of at least 4 members (excludes halogenated alkanes) is 3. The highest BCUT2D eigenvalue weighted by molar-refractivity contribution is 5.74. The van der Waals surface area contributed by atoms with Crippen molar-refractivity contribution in [2.24, 2.45) is 28.9 Å². The highest BCUT2D eigenvalue weighted by Gasteiger charge is 2.51. The normalized spacial score (nSPS) is 35.9. The number of guanidine groups is 1. The zero-order valence-corrected chi connectivity index (χ0v) is 16.7. The third kappa shape index (κ3) is 4.37. The number of likely N-dealkylation sites (tertiary alicyclic amines) is 1. The van der Waals surface area contributed by atoms with E-state index in [1.54, 1.807) is 0 Å². The van der Waals surface area contributed by atoms with Gasteiger partial charge in [0.25, 0.3) is 0 Å². The van der Waals surface area contributed by atoms with Gasteiger partial charge in [0.15, 0.2) is 5.96 Å². The molecule has 5 fully saturated rings. The first-order chi connectivity index (χ1) is 12.6. The summed E-state index contributed by atoms with van der Waals surface area (Å²) < 4.78 is 0. The van der Waals surface area contributed by atoms with Gasteiger partial charge in [0.2, 0.25) is 0 Å². The van der Waals surface area contributed by atoms with Crippen LogP contribution in [0.3, 0.4) is 0 Å². The number of nitrogens with two attached hydrogens (primary N) is 1. The first-order valence-electron chi connectivity index (χ1n) is 11.4. The number of rotatable bonds is 9. The van der Waals surface area contributed by atoms with Crippen molar-refractivity contribution < 1.29 is 0 Å². The van der Waals surface area contributed by atoms with E-state index in [0.29, 0.717) is 11.4 Å². The fourth-order valence-corrected chi connectivity index (χ4v) is 7.17. The molecule has 1 aliphatic heterocycles. The van der Waals surface area contributed by atoms with Gasteiger partial charge in [-0.1, -0.05) is 12.8 Å². The van der Waals surface area contributed by atoms with Crippen LogP contribution in [0, 0.1) is 28.6 Å². The zero-order valence-electron chi connectivity index (χ0n) is 16.7. The van der Waals surface area contributed by atoms with E-state index < -0.39 is 0 Å². The Bertz CT molecular complexity index is 447. The first kappa shape index (κ1) is 18.6. The van der Waals surface area contributed by atoms with Gasteiger partial charge in [-0.2, -0.15) is 0 Å². The summed E-state index contributed by atoms with van der Waals surface area (Å²) in [7, 11) is 0. The Balaban J connectivity index is 1.19. The van der Waals surface area contributed by atoms with Crippen LogP contribution >= 0.6 is 0 Å². The third-order valence-electron chi connectivity index (χ3n) is 7.88. The fourth-order valence-electron chi connectivity index (χ4n) is 7.17. The van der Waals surface area contributed by atoms with Crippen molar-refractivity contribution in [1.82, 2.24) is 9.80 Å². The van der Waals surface area contributed by atoms with Crippen LogP contribution in [0.2, 0.25) is 0 Å². The van der Waals surface area contributed by atoms with Crippen LogP contribution in [-0.4, -0.2) is 48.5 Å². The summed E-state index contributed by atoms with van der Waals surface area (Å²) >= 11 is 0. The van der Waals surface area contributed by atoms with Crippen molar-refractivity contribution in [3.63, 3.8) is 0 Å². The molecule has 4 saturated carbocycles. The Kier molecular flexibility index (Phi) is 5.78. The van der Waals surface area contributed by atoms with Gasteiger partial charge in [0, 0.05) is 13.1 Å². The van der Waals surface area contributed by atoms with Gasteiger partial charge in [-0.25, -0.2) is 0 Å². The number of hydrogen-bond donors (Lipinski definition) is 2. The quantitative estimate of drug-likeness (QED) is 0.370. The zero-order chi connectivity index (χ0) is 18.0. The maximum Gasteiger partial charge on any atom is 0.188 e. The minimum atomic E-state index is 0.317. The van der Waals surface area contributed by atoms with E-state index in [-0.39, 0.29) is 0 Å². The Morgan fingerprint density at radius 1 is 0.923 bits per heavy atom. The maximum atomic E-state index is 8.09. The predicted octanol–water partition coefficient (Wildman–Crippen LogP) is 4.05. The second kappa shape index (κ2) is 8.08. The molecule has 26 heavy (non-hydrogen) atoms. The van der Waals surface area contributed by atoms with Crippen LogP contribution in [0.4, 0.5) is 0 Å². The lowest BCUT2D eigenvalue weighted by molar-refractivity contribution is -0.0618. The topological polar surface area (TPSA) is 56.4 Å². The SMILES string of the molecule is N=C(N)N(CCCCCCN1CCCC1)CC12CC3CC(CC(C3)C1)C2. The Labute approximate surface area is 160 Å². The molecule has 0 spiro atoms. The Hall–Kier alpha value is -0.770. The number of nitrogens with zero attached hydrogens (tertiary/aromatic N) is 2. The second-order valence-electron chi connectivity index (χ2n) is 10.2. The van der Waals surface area contributed by atoms with Crippen molar-refractivity contribution in [1.29, 1.82) is 5.41 Å². The van der Waals surface area contributed by atoms with Crippen molar-refractivity contribution in [3.05, 3.63) is 0 Å². The molecule has 0 atom stereocenters. The molecule has 4 aliphatic carbocycles. The van der Waals surface area contributed by atoms with Crippen LogP contribution in [0.25, 0.3) is 0 Å². The minimum Gasteiger partial charge on any atom is -0.370 e. The summed E-state index contributed by atoms with van der Waals surface area (Å²) in [6, 6.07) is 0. The van der Waals surface area contributed by atoms with Crippen molar-refractivity contribution in [3.8, 4) is 0 Å². The molecule has 0 aromatic carbocycles. The Morgan fingerprint density at radius 3 is 2.08 bits per heavy atom. The molecule has 5 rings (SSSR count). The highest BCUT2D eigenvalue weighted by Crippen LogP contribution is 2.60. The molecule has 0 radical (unpaired) electrons. The first-order valence-corrected chi connectivity index (χ1v) is 11.4. The van der Waals surface area contributed by atoms with Crippen LogP contribution in [0.5, 0.6) is 0 Å². The van der Waals surface area contributed by atoms with Crippen molar-refractivity contribution in [2.75, 3.05) is 32.7 Å². The lowest BCUT2D eigenvalue weighted by Crippen LogP contribution is -2.53. The van der Waals surface area contributed by atoms with E-state index in [4.69, 9.17) is 11.1 Å². The van der Waals surface area contributed by atoms with E-state index in [0.717, 1.165) is 30.8 Å².